The molecular formula is C11H16BrN5O. The maximum atomic E-state index is 11.0. The lowest BCUT2D eigenvalue weighted by Gasteiger charge is -2.39. The molecular weight excluding hydrogens is 298 g/mol. The van der Waals surface area contributed by atoms with Gasteiger partial charge in [0.05, 0.1) is 10.5 Å². The topological polar surface area (TPSA) is 61.4 Å². The number of halogens is 1. The second-order valence-corrected chi connectivity index (χ2v) is 5.12. The summed E-state index contributed by atoms with van der Waals surface area (Å²) in [7, 11) is 1.89. The monoisotopic (exact) mass is 313 g/mol. The summed E-state index contributed by atoms with van der Waals surface area (Å²) in [5.74, 6) is 0.713. The Morgan fingerprint density at radius 3 is 2.83 bits per heavy atom. The van der Waals surface area contributed by atoms with Crippen LogP contribution in [0.5, 0.6) is 0 Å². The zero-order valence-corrected chi connectivity index (χ0v) is 11.8. The third-order valence-corrected chi connectivity index (χ3v) is 3.40. The van der Waals surface area contributed by atoms with Gasteiger partial charge in [-0.15, -0.1) is 0 Å². The Balaban J connectivity index is 2.07. The molecule has 6 nitrogen and oxygen atoms in total. The molecule has 0 saturated carbocycles. The fourth-order valence-electron chi connectivity index (χ4n) is 2.08. The second-order valence-electron chi connectivity index (χ2n) is 4.20. The van der Waals surface area contributed by atoms with Gasteiger partial charge in [-0.05, 0) is 23.0 Å². The number of piperazine rings is 1. The quantitative estimate of drug-likeness (QED) is 0.799. The van der Waals surface area contributed by atoms with Crippen molar-refractivity contribution in [2.75, 3.05) is 38.1 Å². The molecule has 0 spiro atoms. The molecule has 1 aliphatic rings. The first-order chi connectivity index (χ1) is 8.74. The molecule has 2 rings (SSSR count). The normalized spacial score (nSPS) is 20.0. The van der Waals surface area contributed by atoms with Crippen LogP contribution in [-0.2, 0) is 4.79 Å². The van der Waals surface area contributed by atoms with Crippen LogP contribution in [0, 0.1) is 0 Å². The van der Waals surface area contributed by atoms with Gasteiger partial charge in [0.2, 0.25) is 12.4 Å². The molecule has 0 aromatic carbocycles. The largest absolute Gasteiger partial charge is 0.337 e. The summed E-state index contributed by atoms with van der Waals surface area (Å²) in [5, 5.41) is 3.11. The van der Waals surface area contributed by atoms with Crippen molar-refractivity contribution in [3.8, 4) is 0 Å². The summed E-state index contributed by atoms with van der Waals surface area (Å²) in [4.78, 5) is 23.5. The number of hydrogen-bond acceptors (Lipinski definition) is 5. The van der Waals surface area contributed by atoms with E-state index < -0.39 is 0 Å². The van der Waals surface area contributed by atoms with E-state index in [1.807, 2.05) is 11.9 Å². The van der Waals surface area contributed by atoms with Crippen LogP contribution in [0.2, 0.25) is 0 Å². The average Bonchev–Trinajstić information content (AvgIpc) is 2.40. The van der Waals surface area contributed by atoms with Crippen molar-refractivity contribution < 1.29 is 4.79 Å². The van der Waals surface area contributed by atoms with E-state index in [4.69, 9.17) is 0 Å². The lowest BCUT2D eigenvalue weighted by atomic mass is 10.2. The van der Waals surface area contributed by atoms with E-state index in [-0.39, 0.29) is 6.04 Å². The van der Waals surface area contributed by atoms with Crippen molar-refractivity contribution in [2.24, 2.45) is 0 Å². The zero-order valence-electron chi connectivity index (χ0n) is 10.2. The Hall–Kier alpha value is -1.21. The van der Waals surface area contributed by atoms with Crippen molar-refractivity contribution in [1.29, 1.82) is 0 Å². The summed E-state index contributed by atoms with van der Waals surface area (Å²) in [6.07, 6.45) is 4.39. The van der Waals surface area contributed by atoms with E-state index in [2.05, 4.69) is 36.1 Å². The summed E-state index contributed by atoms with van der Waals surface area (Å²) in [6.45, 7) is 2.99. The molecule has 1 aromatic rings. The van der Waals surface area contributed by atoms with E-state index >= 15 is 0 Å². The van der Waals surface area contributed by atoms with Crippen LogP contribution in [0.4, 0.5) is 5.95 Å². The van der Waals surface area contributed by atoms with E-state index in [9.17, 15) is 4.79 Å². The third-order valence-electron chi connectivity index (χ3n) is 2.99. The van der Waals surface area contributed by atoms with Crippen molar-refractivity contribution in [2.45, 2.75) is 6.04 Å². The highest BCUT2D eigenvalue weighted by Gasteiger charge is 2.26. The van der Waals surface area contributed by atoms with Crippen LogP contribution in [-0.4, -0.2) is 60.5 Å². The summed E-state index contributed by atoms with van der Waals surface area (Å²) in [6, 6.07) is 0.161. The average molecular weight is 314 g/mol. The molecule has 1 amide bonds. The van der Waals surface area contributed by atoms with Crippen molar-refractivity contribution in [3.63, 3.8) is 0 Å². The van der Waals surface area contributed by atoms with Gasteiger partial charge in [-0.1, -0.05) is 0 Å². The van der Waals surface area contributed by atoms with Gasteiger partial charge in [-0.25, -0.2) is 9.97 Å². The SMILES string of the molecule is CNCC1CN(c2ncc(Br)cn2)CCN1C=O. The van der Waals surface area contributed by atoms with E-state index in [1.165, 1.54) is 0 Å². The number of likely N-dealkylation sites (N-methyl/N-ethyl adjacent to an activating group) is 1. The number of hydrogen-bond donors (Lipinski definition) is 1. The number of anilines is 1. The van der Waals surface area contributed by atoms with Crippen molar-refractivity contribution >= 4 is 28.3 Å². The highest BCUT2D eigenvalue weighted by atomic mass is 79.9. The van der Waals surface area contributed by atoms with Gasteiger partial charge in [0.1, 0.15) is 0 Å². The number of rotatable bonds is 4. The molecule has 18 heavy (non-hydrogen) atoms. The summed E-state index contributed by atoms with van der Waals surface area (Å²) in [5.41, 5.74) is 0. The van der Waals surface area contributed by atoms with Crippen LogP contribution in [0.1, 0.15) is 0 Å². The van der Waals surface area contributed by atoms with Crippen molar-refractivity contribution in [3.05, 3.63) is 16.9 Å². The molecule has 1 aromatic heterocycles. The smallest absolute Gasteiger partial charge is 0.225 e. The Bertz CT molecular complexity index is 399. The second kappa shape index (κ2) is 6.10. The molecule has 0 aliphatic carbocycles. The minimum atomic E-state index is 0.161. The van der Waals surface area contributed by atoms with Crippen LogP contribution < -0.4 is 10.2 Å². The Morgan fingerprint density at radius 1 is 1.50 bits per heavy atom. The van der Waals surface area contributed by atoms with Crippen LogP contribution in [0.3, 0.4) is 0 Å². The fourth-order valence-corrected chi connectivity index (χ4v) is 2.28. The number of carbonyl (C=O) groups is 1. The molecule has 0 bridgehead atoms. The highest BCUT2D eigenvalue weighted by Crippen LogP contribution is 2.15. The van der Waals surface area contributed by atoms with Gasteiger partial charge in [0, 0.05) is 38.6 Å². The van der Waals surface area contributed by atoms with Gasteiger partial charge in [-0.3, -0.25) is 4.79 Å². The molecule has 1 atom stereocenters. The van der Waals surface area contributed by atoms with Crippen molar-refractivity contribution in [1.82, 2.24) is 20.2 Å². The molecule has 1 saturated heterocycles. The van der Waals surface area contributed by atoms with Crippen LogP contribution >= 0.6 is 15.9 Å². The van der Waals surface area contributed by atoms with Gasteiger partial charge >= 0.3 is 0 Å². The number of nitrogens with zero attached hydrogens (tertiary/aromatic N) is 4. The number of aromatic nitrogens is 2. The van der Waals surface area contributed by atoms with Gasteiger partial charge in [0.25, 0.3) is 0 Å². The van der Waals surface area contributed by atoms with Crippen LogP contribution in [0.15, 0.2) is 16.9 Å². The maximum Gasteiger partial charge on any atom is 0.225 e. The lowest BCUT2D eigenvalue weighted by Crippen LogP contribution is -2.56. The van der Waals surface area contributed by atoms with E-state index in [0.717, 1.165) is 30.5 Å². The fraction of sp³-hybridized carbons (Fsp3) is 0.545. The zero-order chi connectivity index (χ0) is 13.0. The standard InChI is InChI=1S/C11H16BrN5O/c1-13-6-10-7-16(2-3-17(10)8-18)11-14-4-9(12)5-15-11/h4-5,8,10,13H,2-3,6-7H2,1H3. The molecule has 2 heterocycles. The summed E-state index contributed by atoms with van der Waals surface area (Å²) >= 11 is 3.32. The maximum absolute atomic E-state index is 11.0. The van der Waals surface area contributed by atoms with Crippen LogP contribution in [0.25, 0.3) is 0 Å². The Morgan fingerprint density at radius 2 is 2.22 bits per heavy atom. The molecule has 7 heteroatoms. The summed E-state index contributed by atoms with van der Waals surface area (Å²) < 4.78 is 0.865. The Labute approximate surface area is 115 Å². The molecule has 0 radical (unpaired) electrons. The minimum Gasteiger partial charge on any atom is -0.337 e. The first-order valence-corrected chi connectivity index (χ1v) is 6.62. The molecule has 1 N–H and O–H groups in total. The van der Waals surface area contributed by atoms with Gasteiger partial charge < -0.3 is 15.1 Å². The third kappa shape index (κ3) is 2.97. The number of carbonyl (C=O) groups excluding carboxylic acids is 1. The highest BCUT2D eigenvalue weighted by molar-refractivity contribution is 9.10. The van der Waals surface area contributed by atoms with E-state index in [0.29, 0.717) is 12.5 Å². The minimum absolute atomic E-state index is 0.161. The van der Waals surface area contributed by atoms with Gasteiger partial charge in [-0.2, -0.15) is 0 Å². The first kappa shape index (κ1) is 13.2. The Kier molecular flexibility index (Phi) is 4.48. The van der Waals surface area contributed by atoms with Gasteiger partial charge in [0.15, 0.2) is 0 Å². The first-order valence-electron chi connectivity index (χ1n) is 5.82. The predicted molar refractivity (Wildman–Crippen MR) is 72.4 cm³/mol. The molecule has 98 valence electrons. The molecule has 1 aliphatic heterocycles. The lowest BCUT2D eigenvalue weighted by molar-refractivity contribution is -0.120. The molecule has 1 fully saturated rings. The van der Waals surface area contributed by atoms with E-state index in [1.54, 1.807) is 12.4 Å². The number of nitrogens with one attached hydrogen (secondary N) is 1. The predicted octanol–water partition coefficient (Wildman–Crippen LogP) is 0.105. The molecule has 1 unspecified atom stereocenters. The number of amides is 1.